The summed E-state index contributed by atoms with van der Waals surface area (Å²) in [7, 11) is 1.60. The molecular formula is C23H27N3O4. The summed E-state index contributed by atoms with van der Waals surface area (Å²) in [4.78, 5) is 38.9. The molecule has 7 heteroatoms. The monoisotopic (exact) mass is 409 g/mol. The molecule has 0 spiro atoms. The number of hydrogen-bond acceptors (Lipinski definition) is 4. The van der Waals surface area contributed by atoms with E-state index >= 15 is 0 Å². The molecule has 0 unspecified atom stereocenters. The van der Waals surface area contributed by atoms with Gasteiger partial charge in [-0.15, -0.1) is 0 Å². The first kappa shape index (κ1) is 20.2. The van der Waals surface area contributed by atoms with Crippen LogP contribution in [0.25, 0.3) is 0 Å². The lowest BCUT2D eigenvalue weighted by Crippen LogP contribution is -2.49. The molecule has 1 saturated heterocycles. The minimum Gasteiger partial charge on any atom is -0.497 e. The third-order valence-corrected chi connectivity index (χ3v) is 6.00. The van der Waals surface area contributed by atoms with E-state index in [1.165, 1.54) is 0 Å². The standard InChI is InChI=1S/C23H27N3O4/c1-30-19-10-8-18(9-11-19)24-21(27)5-3-6-22(28)25-13-16-12-17(15-25)20-4-2-7-23(29)26(20)14-16/h2,4,7-11,16-17H,3,5-6,12-15H2,1H3,(H,24,27)/t16-,17+/m1/s1. The average Bonchev–Trinajstić information content (AvgIpc) is 2.75. The molecule has 1 aromatic carbocycles. The lowest BCUT2D eigenvalue weighted by Gasteiger charge is -2.42. The highest BCUT2D eigenvalue weighted by molar-refractivity contribution is 5.91. The van der Waals surface area contributed by atoms with Gasteiger partial charge in [0.2, 0.25) is 11.8 Å². The Balaban J connectivity index is 1.27. The van der Waals surface area contributed by atoms with Crippen LogP contribution in [0.5, 0.6) is 5.75 Å². The van der Waals surface area contributed by atoms with Crippen molar-refractivity contribution in [3.05, 3.63) is 58.5 Å². The van der Waals surface area contributed by atoms with Gasteiger partial charge in [0, 0.05) is 55.8 Å². The van der Waals surface area contributed by atoms with Crippen molar-refractivity contribution in [3.8, 4) is 5.75 Å². The van der Waals surface area contributed by atoms with E-state index in [9.17, 15) is 14.4 Å². The van der Waals surface area contributed by atoms with Crippen molar-refractivity contribution in [3.63, 3.8) is 0 Å². The Morgan fingerprint density at radius 2 is 1.87 bits per heavy atom. The molecule has 1 N–H and O–H groups in total. The predicted molar refractivity (Wildman–Crippen MR) is 114 cm³/mol. The fourth-order valence-electron chi connectivity index (χ4n) is 4.56. The predicted octanol–water partition coefficient (Wildman–Crippen LogP) is 2.61. The van der Waals surface area contributed by atoms with E-state index in [1.54, 1.807) is 43.5 Å². The van der Waals surface area contributed by atoms with Crippen molar-refractivity contribution in [2.45, 2.75) is 38.1 Å². The van der Waals surface area contributed by atoms with Gasteiger partial charge in [-0.3, -0.25) is 14.4 Å². The number of amides is 2. The number of carbonyl (C=O) groups is 2. The van der Waals surface area contributed by atoms with E-state index in [0.717, 1.165) is 17.9 Å². The van der Waals surface area contributed by atoms with Gasteiger partial charge in [-0.2, -0.15) is 0 Å². The molecule has 2 bridgehead atoms. The molecule has 2 aliphatic heterocycles. The van der Waals surface area contributed by atoms with Gasteiger partial charge in [0.05, 0.1) is 7.11 Å². The fourth-order valence-corrected chi connectivity index (χ4v) is 4.56. The van der Waals surface area contributed by atoms with Crippen molar-refractivity contribution in [1.82, 2.24) is 9.47 Å². The van der Waals surface area contributed by atoms with Crippen LogP contribution in [-0.2, 0) is 16.1 Å². The third-order valence-electron chi connectivity index (χ3n) is 6.00. The van der Waals surface area contributed by atoms with Crippen molar-refractivity contribution in [2.75, 3.05) is 25.5 Å². The average molecular weight is 409 g/mol. The van der Waals surface area contributed by atoms with Crippen LogP contribution in [-0.4, -0.2) is 41.5 Å². The zero-order chi connectivity index (χ0) is 21.1. The first-order valence-electron chi connectivity index (χ1n) is 10.4. The maximum Gasteiger partial charge on any atom is 0.250 e. The van der Waals surface area contributed by atoms with Crippen molar-refractivity contribution in [1.29, 1.82) is 0 Å². The van der Waals surface area contributed by atoms with Crippen LogP contribution in [0.3, 0.4) is 0 Å². The second-order valence-corrected chi connectivity index (χ2v) is 8.13. The Morgan fingerprint density at radius 1 is 1.07 bits per heavy atom. The summed E-state index contributed by atoms with van der Waals surface area (Å²) in [6, 6.07) is 12.6. The lowest BCUT2D eigenvalue weighted by atomic mass is 9.83. The summed E-state index contributed by atoms with van der Waals surface area (Å²) in [6.45, 7) is 2.02. The van der Waals surface area contributed by atoms with Crippen molar-refractivity contribution in [2.24, 2.45) is 5.92 Å². The molecule has 0 radical (unpaired) electrons. The molecule has 1 fully saturated rings. The normalized spacial score (nSPS) is 19.7. The number of fused-ring (bicyclic) bond motifs is 4. The number of piperidine rings is 1. The SMILES string of the molecule is COc1ccc(NC(=O)CCCC(=O)N2C[C@H]3C[C@@H](C2)c2cccc(=O)n2C3)cc1. The van der Waals surface area contributed by atoms with Gasteiger partial charge in [0.25, 0.3) is 5.56 Å². The summed E-state index contributed by atoms with van der Waals surface area (Å²) >= 11 is 0. The fraction of sp³-hybridized carbons (Fsp3) is 0.435. The molecule has 3 heterocycles. The maximum absolute atomic E-state index is 12.7. The van der Waals surface area contributed by atoms with Gasteiger partial charge in [-0.05, 0) is 49.1 Å². The minimum atomic E-state index is -0.100. The number of methoxy groups -OCH3 is 1. The van der Waals surface area contributed by atoms with E-state index in [-0.39, 0.29) is 23.3 Å². The van der Waals surface area contributed by atoms with Crippen LogP contribution in [0.2, 0.25) is 0 Å². The highest BCUT2D eigenvalue weighted by atomic mass is 16.5. The zero-order valence-electron chi connectivity index (χ0n) is 17.2. The number of nitrogens with one attached hydrogen (secondary N) is 1. The summed E-state index contributed by atoms with van der Waals surface area (Å²) < 4.78 is 6.97. The van der Waals surface area contributed by atoms with Crippen LogP contribution in [0.1, 0.15) is 37.3 Å². The van der Waals surface area contributed by atoms with Crippen molar-refractivity contribution >= 4 is 17.5 Å². The molecule has 2 amide bonds. The van der Waals surface area contributed by atoms with Gasteiger partial charge >= 0.3 is 0 Å². The number of pyridine rings is 1. The molecular weight excluding hydrogens is 382 g/mol. The number of aromatic nitrogens is 1. The number of rotatable bonds is 6. The minimum absolute atomic E-state index is 0.0462. The van der Waals surface area contributed by atoms with E-state index in [0.29, 0.717) is 50.5 Å². The summed E-state index contributed by atoms with van der Waals surface area (Å²) in [6.07, 6.45) is 2.20. The van der Waals surface area contributed by atoms with E-state index in [4.69, 9.17) is 4.74 Å². The highest BCUT2D eigenvalue weighted by Crippen LogP contribution is 2.35. The maximum atomic E-state index is 12.7. The van der Waals surface area contributed by atoms with Gasteiger partial charge < -0.3 is 19.5 Å². The molecule has 0 saturated carbocycles. The highest BCUT2D eigenvalue weighted by Gasteiger charge is 2.35. The van der Waals surface area contributed by atoms with Gasteiger partial charge in [-0.1, -0.05) is 6.07 Å². The molecule has 158 valence electrons. The molecule has 30 heavy (non-hydrogen) atoms. The summed E-state index contributed by atoms with van der Waals surface area (Å²) in [5, 5.41) is 2.84. The molecule has 0 aliphatic carbocycles. The third kappa shape index (κ3) is 4.40. The first-order valence-corrected chi connectivity index (χ1v) is 10.4. The Hall–Kier alpha value is -3.09. The van der Waals surface area contributed by atoms with Crippen LogP contribution < -0.4 is 15.6 Å². The molecule has 2 atom stereocenters. The Kier molecular flexibility index (Phi) is 5.88. The number of ether oxygens (including phenoxy) is 1. The Bertz CT molecular complexity index is 983. The second kappa shape index (κ2) is 8.73. The zero-order valence-corrected chi connectivity index (χ0v) is 17.2. The van der Waals surface area contributed by atoms with E-state index < -0.39 is 0 Å². The summed E-state index contributed by atoms with van der Waals surface area (Å²) in [5.41, 5.74) is 1.80. The number of hydrogen-bond donors (Lipinski definition) is 1. The van der Waals surface area contributed by atoms with Gasteiger partial charge in [-0.25, -0.2) is 0 Å². The number of nitrogens with zero attached hydrogens (tertiary/aromatic N) is 2. The molecule has 4 rings (SSSR count). The number of likely N-dealkylation sites (tertiary alicyclic amines) is 1. The number of benzene rings is 1. The molecule has 7 nitrogen and oxygen atoms in total. The first-order chi connectivity index (χ1) is 14.5. The molecule has 2 aliphatic rings. The van der Waals surface area contributed by atoms with E-state index in [1.807, 2.05) is 15.5 Å². The van der Waals surface area contributed by atoms with Crippen LogP contribution in [0.4, 0.5) is 5.69 Å². The number of carbonyl (C=O) groups excluding carboxylic acids is 2. The molecule has 2 aromatic rings. The topological polar surface area (TPSA) is 80.6 Å². The number of anilines is 1. The Labute approximate surface area is 175 Å². The van der Waals surface area contributed by atoms with E-state index in [2.05, 4.69) is 5.32 Å². The van der Waals surface area contributed by atoms with Gasteiger partial charge in [0.15, 0.2) is 0 Å². The quantitative estimate of drug-likeness (QED) is 0.795. The Morgan fingerprint density at radius 3 is 2.63 bits per heavy atom. The van der Waals surface area contributed by atoms with Crippen LogP contribution in [0.15, 0.2) is 47.3 Å². The second-order valence-electron chi connectivity index (χ2n) is 8.13. The smallest absolute Gasteiger partial charge is 0.250 e. The summed E-state index contributed by atoms with van der Waals surface area (Å²) in [5.74, 6) is 1.26. The van der Waals surface area contributed by atoms with Gasteiger partial charge in [0.1, 0.15) is 5.75 Å². The van der Waals surface area contributed by atoms with Crippen LogP contribution >= 0.6 is 0 Å². The largest absolute Gasteiger partial charge is 0.497 e. The van der Waals surface area contributed by atoms with Crippen LogP contribution in [0, 0.1) is 5.92 Å². The molecule has 1 aromatic heterocycles. The lowest BCUT2D eigenvalue weighted by molar-refractivity contribution is -0.134. The van der Waals surface area contributed by atoms with Crippen molar-refractivity contribution < 1.29 is 14.3 Å².